The van der Waals surface area contributed by atoms with E-state index in [9.17, 15) is 14.4 Å². The van der Waals surface area contributed by atoms with Gasteiger partial charge < -0.3 is 16.0 Å². The van der Waals surface area contributed by atoms with E-state index in [0.717, 1.165) is 17.7 Å². The number of amides is 3. The number of imide groups is 1. The molecule has 3 rings (SSSR count). The molecule has 2 aliphatic rings. The molecule has 140 valence electrons. The van der Waals surface area contributed by atoms with Gasteiger partial charge in [-0.3, -0.25) is 19.7 Å². The lowest BCUT2D eigenvalue weighted by Gasteiger charge is -2.29. The molecule has 0 aliphatic carbocycles. The largest absolute Gasteiger partial charge is 0.330 e. The highest BCUT2D eigenvalue weighted by atomic mass is 16.2. The number of hydrogen-bond donors (Lipinski definition) is 3. The molecule has 4 N–H and O–H groups in total. The number of piperidine rings is 1. The monoisotopic (exact) mass is 358 g/mol. The summed E-state index contributed by atoms with van der Waals surface area (Å²) in [6.45, 7) is 6.66. The number of hydrogen-bond acceptors (Lipinski definition) is 5. The lowest BCUT2D eigenvalue weighted by Crippen LogP contribution is -2.52. The molecule has 1 saturated heterocycles. The van der Waals surface area contributed by atoms with E-state index in [2.05, 4.69) is 24.5 Å². The van der Waals surface area contributed by atoms with E-state index in [1.807, 2.05) is 18.2 Å². The number of fused-ring (bicyclic) bond motifs is 1. The summed E-state index contributed by atoms with van der Waals surface area (Å²) in [5.74, 6) is -0.795. The van der Waals surface area contributed by atoms with Crippen LogP contribution in [0.4, 0.5) is 0 Å². The van der Waals surface area contributed by atoms with Crippen molar-refractivity contribution in [2.24, 2.45) is 11.1 Å². The van der Waals surface area contributed by atoms with Crippen LogP contribution >= 0.6 is 0 Å². The first-order chi connectivity index (χ1) is 12.3. The average molecular weight is 358 g/mol. The molecule has 0 bridgehead atoms. The third kappa shape index (κ3) is 3.78. The highest BCUT2D eigenvalue weighted by molar-refractivity contribution is 6.05. The fourth-order valence-electron chi connectivity index (χ4n) is 3.33. The van der Waals surface area contributed by atoms with E-state index in [1.54, 1.807) is 4.90 Å². The molecule has 0 saturated carbocycles. The van der Waals surface area contributed by atoms with Crippen LogP contribution in [0.5, 0.6) is 0 Å². The lowest BCUT2D eigenvalue weighted by molar-refractivity contribution is -0.136. The predicted molar refractivity (Wildman–Crippen MR) is 97.0 cm³/mol. The van der Waals surface area contributed by atoms with Gasteiger partial charge in [0.05, 0.1) is 0 Å². The molecule has 26 heavy (non-hydrogen) atoms. The van der Waals surface area contributed by atoms with Crippen LogP contribution in [0.15, 0.2) is 18.2 Å². The molecule has 2 aliphatic heterocycles. The van der Waals surface area contributed by atoms with Gasteiger partial charge in [0.1, 0.15) is 6.04 Å². The van der Waals surface area contributed by atoms with Crippen molar-refractivity contribution in [3.8, 4) is 0 Å². The first kappa shape index (κ1) is 18.5. The molecule has 1 aromatic rings. The maximum absolute atomic E-state index is 12.8. The van der Waals surface area contributed by atoms with E-state index in [4.69, 9.17) is 5.73 Å². The SMILES string of the molecule is CC(C)(CN)CNCc1ccc2c(c1)C(=O)N(C1CCC(=O)NC1=O)C2. The van der Waals surface area contributed by atoms with Gasteiger partial charge in [0, 0.05) is 31.6 Å². The van der Waals surface area contributed by atoms with E-state index < -0.39 is 6.04 Å². The highest BCUT2D eigenvalue weighted by Gasteiger charge is 2.39. The van der Waals surface area contributed by atoms with Crippen LogP contribution in [0.2, 0.25) is 0 Å². The predicted octanol–water partition coefficient (Wildman–Crippen LogP) is 0.522. The number of nitrogens with one attached hydrogen (secondary N) is 2. The van der Waals surface area contributed by atoms with Gasteiger partial charge in [-0.2, -0.15) is 0 Å². The van der Waals surface area contributed by atoms with Crippen molar-refractivity contribution in [2.45, 2.75) is 45.8 Å². The third-order valence-electron chi connectivity index (χ3n) is 5.08. The number of rotatable bonds is 6. The summed E-state index contributed by atoms with van der Waals surface area (Å²) in [4.78, 5) is 37.7. The Hall–Kier alpha value is -2.25. The third-order valence-corrected chi connectivity index (χ3v) is 5.08. The van der Waals surface area contributed by atoms with Crippen LogP contribution in [0.3, 0.4) is 0 Å². The second kappa shape index (κ2) is 7.17. The molecule has 2 heterocycles. The zero-order valence-electron chi connectivity index (χ0n) is 15.3. The van der Waals surface area contributed by atoms with E-state index >= 15 is 0 Å². The van der Waals surface area contributed by atoms with Gasteiger partial charge in [-0.25, -0.2) is 0 Å². The van der Waals surface area contributed by atoms with Gasteiger partial charge >= 0.3 is 0 Å². The maximum atomic E-state index is 12.8. The average Bonchev–Trinajstić information content (AvgIpc) is 2.91. The van der Waals surface area contributed by atoms with Crippen molar-refractivity contribution in [1.82, 2.24) is 15.5 Å². The first-order valence-corrected chi connectivity index (χ1v) is 8.98. The van der Waals surface area contributed by atoms with Crippen molar-refractivity contribution < 1.29 is 14.4 Å². The smallest absolute Gasteiger partial charge is 0.255 e. The minimum atomic E-state index is -0.570. The van der Waals surface area contributed by atoms with Crippen molar-refractivity contribution >= 4 is 17.7 Å². The number of carbonyl (C=O) groups is 3. The summed E-state index contributed by atoms with van der Waals surface area (Å²) in [5, 5.41) is 5.70. The van der Waals surface area contributed by atoms with Gasteiger partial charge in [-0.05, 0) is 35.6 Å². The molecule has 7 nitrogen and oxygen atoms in total. The van der Waals surface area contributed by atoms with E-state index in [1.165, 1.54) is 0 Å². The summed E-state index contributed by atoms with van der Waals surface area (Å²) < 4.78 is 0. The molecule has 1 aromatic carbocycles. The second-order valence-corrected chi connectivity index (χ2v) is 7.86. The van der Waals surface area contributed by atoms with Crippen molar-refractivity contribution in [3.63, 3.8) is 0 Å². The minimum absolute atomic E-state index is 0.0229. The van der Waals surface area contributed by atoms with Crippen LogP contribution in [-0.4, -0.2) is 41.8 Å². The minimum Gasteiger partial charge on any atom is -0.330 e. The number of carbonyl (C=O) groups excluding carboxylic acids is 3. The van der Waals surface area contributed by atoms with Gasteiger partial charge in [0.2, 0.25) is 11.8 Å². The Bertz CT molecular complexity index is 744. The molecule has 0 radical (unpaired) electrons. The topological polar surface area (TPSA) is 105 Å². The van der Waals surface area contributed by atoms with Crippen molar-refractivity contribution in [3.05, 3.63) is 34.9 Å². The second-order valence-electron chi connectivity index (χ2n) is 7.86. The molecule has 0 spiro atoms. The Balaban J connectivity index is 1.67. The summed E-state index contributed by atoms with van der Waals surface area (Å²) in [6.07, 6.45) is 0.648. The van der Waals surface area contributed by atoms with Gasteiger partial charge in [-0.1, -0.05) is 26.0 Å². The zero-order chi connectivity index (χ0) is 18.9. The quantitative estimate of drug-likeness (QED) is 0.643. The summed E-state index contributed by atoms with van der Waals surface area (Å²) in [6, 6.07) is 5.28. The fraction of sp³-hybridized carbons (Fsp3) is 0.526. The van der Waals surface area contributed by atoms with Gasteiger partial charge in [0.25, 0.3) is 5.91 Å². The number of benzene rings is 1. The van der Waals surface area contributed by atoms with Crippen LogP contribution < -0.4 is 16.4 Å². The van der Waals surface area contributed by atoms with E-state index in [-0.39, 0.29) is 29.6 Å². The fourth-order valence-corrected chi connectivity index (χ4v) is 3.33. The summed E-state index contributed by atoms with van der Waals surface area (Å²) in [5.41, 5.74) is 8.35. The normalized spacial score (nSPS) is 20.3. The number of nitrogens with two attached hydrogens (primary N) is 1. The molecule has 1 atom stereocenters. The molecule has 0 aromatic heterocycles. The Morgan fingerprint density at radius 1 is 1.31 bits per heavy atom. The van der Waals surface area contributed by atoms with Crippen LogP contribution in [-0.2, 0) is 22.7 Å². The van der Waals surface area contributed by atoms with Crippen LogP contribution in [0.25, 0.3) is 0 Å². The van der Waals surface area contributed by atoms with Crippen molar-refractivity contribution in [2.75, 3.05) is 13.1 Å². The first-order valence-electron chi connectivity index (χ1n) is 8.98. The Morgan fingerprint density at radius 3 is 2.77 bits per heavy atom. The number of nitrogens with zero attached hydrogens (tertiary/aromatic N) is 1. The molecule has 7 heteroatoms. The van der Waals surface area contributed by atoms with Gasteiger partial charge in [0.15, 0.2) is 0 Å². The molecule has 1 unspecified atom stereocenters. The zero-order valence-corrected chi connectivity index (χ0v) is 15.3. The molecule has 1 fully saturated rings. The Kier molecular flexibility index (Phi) is 5.11. The summed E-state index contributed by atoms with van der Waals surface area (Å²) >= 11 is 0. The maximum Gasteiger partial charge on any atom is 0.255 e. The van der Waals surface area contributed by atoms with Crippen LogP contribution in [0, 0.1) is 5.41 Å². The molecular formula is C19H26N4O3. The van der Waals surface area contributed by atoms with E-state index in [0.29, 0.717) is 31.6 Å². The Labute approximate surface area is 153 Å². The lowest BCUT2D eigenvalue weighted by atomic mass is 9.94. The standard InChI is InChI=1S/C19H26N4O3/c1-19(2,10-20)11-21-8-12-3-4-13-9-23(18(26)14(13)7-12)15-5-6-16(24)22-17(15)25/h3-4,7,15,21H,5-6,8-11,20H2,1-2H3,(H,22,24,25). The van der Waals surface area contributed by atoms with Gasteiger partial charge in [-0.15, -0.1) is 0 Å². The van der Waals surface area contributed by atoms with Crippen molar-refractivity contribution in [1.29, 1.82) is 0 Å². The summed E-state index contributed by atoms with van der Waals surface area (Å²) in [7, 11) is 0. The van der Waals surface area contributed by atoms with Crippen LogP contribution in [0.1, 0.15) is 48.2 Å². The highest BCUT2D eigenvalue weighted by Crippen LogP contribution is 2.28. The Morgan fingerprint density at radius 2 is 2.08 bits per heavy atom. The molecular weight excluding hydrogens is 332 g/mol. The molecule has 3 amide bonds.